The molecule has 3 aliphatic rings. The summed E-state index contributed by atoms with van der Waals surface area (Å²) in [6, 6.07) is 11.3. The van der Waals surface area contributed by atoms with Gasteiger partial charge in [-0.2, -0.15) is 4.98 Å². The zero-order chi connectivity index (χ0) is 21.8. The van der Waals surface area contributed by atoms with Crippen LogP contribution in [0.15, 0.2) is 42.7 Å². The summed E-state index contributed by atoms with van der Waals surface area (Å²) in [6.45, 7) is 5.92. The number of hydrogen-bond acceptors (Lipinski definition) is 6. The number of benzene rings is 2. The number of nitrogens with one attached hydrogen (secondary N) is 1. The first-order valence-electron chi connectivity index (χ1n) is 10.9. The predicted octanol–water partition coefficient (Wildman–Crippen LogP) is 3.51. The van der Waals surface area contributed by atoms with Gasteiger partial charge in [0.1, 0.15) is 18.0 Å². The Morgan fingerprint density at radius 1 is 0.969 bits per heavy atom. The number of rotatable bonds is 5. The van der Waals surface area contributed by atoms with Crippen LogP contribution in [-0.4, -0.2) is 64.1 Å². The Bertz CT molecular complexity index is 1150. The number of ether oxygens (including phenoxy) is 1. The standard InChI is InChI=1S/C23H24F2N6O.H2/c1-14-2-17(27-23-26-13-31(28-23)19-5-15(24)4-16(25)6-19)7-18(3-14)29-9-21-8-20(29)10-30(21)22-11-32-12-22;/h2-7,13,20-22H,8-12H2,1H3,(H,27,28);1H/t20-,21+;/m1./s1. The van der Waals surface area contributed by atoms with Crippen LogP contribution >= 0.6 is 0 Å². The van der Waals surface area contributed by atoms with Crippen molar-refractivity contribution in [3.05, 3.63) is 59.9 Å². The first-order valence-corrected chi connectivity index (χ1v) is 10.9. The molecule has 32 heavy (non-hydrogen) atoms. The molecule has 6 rings (SSSR count). The van der Waals surface area contributed by atoms with Crippen molar-refractivity contribution in [1.82, 2.24) is 19.7 Å². The van der Waals surface area contributed by atoms with Gasteiger partial charge < -0.3 is 15.0 Å². The van der Waals surface area contributed by atoms with Gasteiger partial charge in [0.2, 0.25) is 5.95 Å². The zero-order valence-corrected chi connectivity index (χ0v) is 17.7. The average Bonchev–Trinajstić information content (AvgIpc) is 3.41. The first-order chi connectivity index (χ1) is 15.5. The minimum atomic E-state index is -0.656. The van der Waals surface area contributed by atoms with Crippen LogP contribution in [0.1, 0.15) is 13.4 Å². The molecule has 2 bridgehead atoms. The topological polar surface area (TPSA) is 58.5 Å². The number of fused-ring (bicyclic) bond motifs is 2. The molecule has 0 radical (unpaired) electrons. The summed E-state index contributed by atoms with van der Waals surface area (Å²) in [4.78, 5) is 9.37. The molecule has 0 saturated carbocycles. The van der Waals surface area contributed by atoms with Gasteiger partial charge in [-0.05, 0) is 49.2 Å². The smallest absolute Gasteiger partial charge is 0.246 e. The van der Waals surface area contributed by atoms with Crippen molar-refractivity contribution in [2.45, 2.75) is 31.5 Å². The van der Waals surface area contributed by atoms with Crippen LogP contribution in [0.5, 0.6) is 0 Å². The number of aryl methyl sites for hydroxylation is 1. The minimum absolute atomic E-state index is 0. The second-order valence-corrected chi connectivity index (χ2v) is 8.91. The van der Waals surface area contributed by atoms with Crippen LogP contribution in [-0.2, 0) is 4.74 Å². The lowest BCUT2D eigenvalue weighted by Crippen LogP contribution is -2.56. The fourth-order valence-electron chi connectivity index (χ4n) is 5.12. The third-order valence-corrected chi connectivity index (χ3v) is 6.63. The lowest BCUT2D eigenvalue weighted by atomic mass is 10.1. The zero-order valence-electron chi connectivity index (χ0n) is 17.7. The van der Waals surface area contributed by atoms with Gasteiger partial charge >= 0.3 is 0 Å². The number of likely N-dealkylation sites (tertiary alicyclic amines) is 1. The maximum absolute atomic E-state index is 13.5. The molecule has 168 valence electrons. The summed E-state index contributed by atoms with van der Waals surface area (Å²) in [5.74, 6) is -0.946. The van der Waals surface area contributed by atoms with E-state index >= 15 is 0 Å². The highest BCUT2D eigenvalue weighted by Crippen LogP contribution is 2.38. The van der Waals surface area contributed by atoms with Gasteiger partial charge in [-0.15, -0.1) is 5.10 Å². The molecule has 3 fully saturated rings. The second kappa shape index (κ2) is 7.53. The molecule has 3 aromatic rings. The normalized spacial score (nSPS) is 23.0. The summed E-state index contributed by atoms with van der Waals surface area (Å²) in [5.41, 5.74) is 3.50. The minimum Gasteiger partial charge on any atom is -0.378 e. The van der Waals surface area contributed by atoms with Crippen LogP contribution < -0.4 is 10.2 Å². The molecule has 4 heterocycles. The highest BCUT2D eigenvalue weighted by atomic mass is 19.1. The number of hydrogen-bond donors (Lipinski definition) is 1. The first kappa shape index (κ1) is 19.6. The highest BCUT2D eigenvalue weighted by molar-refractivity contribution is 5.65. The maximum atomic E-state index is 13.5. The molecule has 0 aliphatic carbocycles. The van der Waals surface area contributed by atoms with E-state index in [4.69, 9.17) is 4.74 Å². The molecular formula is C23H26F2N6O. The van der Waals surface area contributed by atoms with E-state index in [0.717, 1.165) is 43.6 Å². The van der Waals surface area contributed by atoms with Crippen molar-refractivity contribution in [1.29, 1.82) is 0 Å². The summed E-state index contributed by atoms with van der Waals surface area (Å²) >= 11 is 0. The maximum Gasteiger partial charge on any atom is 0.246 e. The van der Waals surface area contributed by atoms with Gasteiger partial charge in [0.15, 0.2) is 0 Å². The van der Waals surface area contributed by atoms with Crippen molar-refractivity contribution < 1.29 is 14.9 Å². The summed E-state index contributed by atoms with van der Waals surface area (Å²) in [7, 11) is 0. The van der Waals surface area contributed by atoms with E-state index in [-0.39, 0.29) is 7.11 Å². The Hall–Kier alpha value is -3.04. The second-order valence-electron chi connectivity index (χ2n) is 8.91. The van der Waals surface area contributed by atoms with E-state index in [1.54, 1.807) is 0 Å². The van der Waals surface area contributed by atoms with E-state index in [2.05, 4.69) is 44.3 Å². The fourth-order valence-corrected chi connectivity index (χ4v) is 5.12. The van der Waals surface area contributed by atoms with Gasteiger partial charge in [0, 0.05) is 44.0 Å². The fraction of sp³-hybridized carbons (Fsp3) is 0.391. The van der Waals surface area contributed by atoms with E-state index in [9.17, 15) is 8.78 Å². The number of nitrogens with zero attached hydrogens (tertiary/aromatic N) is 5. The molecule has 3 saturated heterocycles. The number of anilines is 3. The van der Waals surface area contributed by atoms with Crippen LogP contribution in [0.2, 0.25) is 0 Å². The average molecular weight is 440 g/mol. The molecule has 9 heteroatoms. The lowest BCUT2D eigenvalue weighted by molar-refractivity contribution is -0.0708. The molecule has 2 atom stereocenters. The van der Waals surface area contributed by atoms with Crippen LogP contribution in [0.3, 0.4) is 0 Å². The van der Waals surface area contributed by atoms with Gasteiger partial charge in [0.25, 0.3) is 0 Å². The van der Waals surface area contributed by atoms with Crippen LogP contribution in [0, 0.1) is 18.6 Å². The Morgan fingerprint density at radius 3 is 2.47 bits per heavy atom. The Balaban J connectivity index is 0.00000228. The number of halogens is 2. The van der Waals surface area contributed by atoms with Gasteiger partial charge in [-0.25, -0.2) is 13.5 Å². The third kappa shape index (κ3) is 3.51. The number of piperazine rings is 1. The van der Waals surface area contributed by atoms with E-state index in [1.807, 2.05) is 6.07 Å². The number of aromatic nitrogens is 3. The van der Waals surface area contributed by atoms with E-state index in [1.165, 1.54) is 35.3 Å². The van der Waals surface area contributed by atoms with Gasteiger partial charge in [-0.3, -0.25) is 4.90 Å². The lowest BCUT2D eigenvalue weighted by Gasteiger charge is -2.43. The predicted molar refractivity (Wildman–Crippen MR) is 119 cm³/mol. The monoisotopic (exact) mass is 440 g/mol. The molecule has 0 amide bonds. The third-order valence-electron chi connectivity index (χ3n) is 6.63. The van der Waals surface area contributed by atoms with Crippen LogP contribution in [0.4, 0.5) is 26.1 Å². The summed E-state index contributed by atoms with van der Waals surface area (Å²) < 4.78 is 33.8. The van der Waals surface area contributed by atoms with E-state index < -0.39 is 11.6 Å². The molecule has 3 aliphatic heterocycles. The molecular weight excluding hydrogens is 414 g/mol. The highest BCUT2D eigenvalue weighted by Gasteiger charge is 2.47. The van der Waals surface area contributed by atoms with Gasteiger partial charge in [-0.1, -0.05) is 0 Å². The Labute approximate surface area is 186 Å². The largest absolute Gasteiger partial charge is 0.378 e. The summed E-state index contributed by atoms with van der Waals surface area (Å²) in [6.07, 6.45) is 2.63. The van der Waals surface area contributed by atoms with Crippen molar-refractivity contribution in [2.24, 2.45) is 0 Å². The molecule has 0 spiro atoms. The van der Waals surface area contributed by atoms with E-state index in [0.29, 0.717) is 24.1 Å². The quantitative estimate of drug-likeness (QED) is 0.655. The van der Waals surface area contributed by atoms with Crippen molar-refractivity contribution in [2.75, 3.05) is 36.5 Å². The molecule has 1 aromatic heterocycles. The molecule has 0 unspecified atom stereocenters. The Kier molecular flexibility index (Phi) is 4.62. The molecule has 7 nitrogen and oxygen atoms in total. The Morgan fingerprint density at radius 2 is 1.78 bits per heavy atom. The molecule has 1 N–H and O–H groups in total. The van der Waals surface area contributed by atoms with Crippen molar-refractivity contribution in [3.63, 3.8) is 0 Å². The van der Waals surface area contributed by atoms with Crippen LogP contribution in [0.25, 0.3) is 5.69 Å². The summed E-state index contributed by atoms with van der Waals surface area (Å²) in [5, 5.41) is 7.56. The van der Waals surface area contributed by atoms with Crippen molar-refractivity contribution >= 4 is 17.3 Å². The SMILES string of the molecule is Cc1cc(Nc2ncn(-c3cc(F)cc(F)c3)n2)cc(N2C[C@@H]3C[C@@H]2CN3C2COC2)c1.[HH]. The van der Waals surface area contributed by atoms with Crippen molar-refractivity contribution in [3.8, 4) is 5.69 Å². The van der Waals surface area contributed by atoms with Gasteiger partial charge in [0.05, 0.1) is 24.9 Å². The molecule has 2 aromatic carbocycles.